The predicted octanol–water partition coefficient (Wildman–Crippen LogP) is 2.50. The molecule has 1 fully saturated rings. The summed E-state index contributed by atoms with van der Waals surface area (Å²) in [6.45, 7) is 4.08. The first-order valence-electron chi connectivity index (χ1n) is 4.38. The topological polar surface area (TPSA) is 33.0 Å². The summed E-state index contributed by atoms with van der Waals surface area (Å²) in [6, 6.07) is 1.75. The molecule has 0 radical (unpaired) electrons. The molecule has 1 heterocycles. The number of ether oxygens (including phenoxy) is 1. The summed E-state index contributed by atoms with van der Waals surface area (Å²) < 4.78 is 42.7. The first kappa shape index (κ1) is 11.3. The van der Waals surface area contributed by atoms with Crippen LogP contribution >= 0.6 is 0 Å². The number of nitriles is 1. The summed E-state index contributed by atoms with van der Waals surface area (Å²) in [6.07, 6.45) is -5.39. The SMILES string of the molecule is C[C@H]1[C@@H](C#N)O[C@@](C)(C(F)(F)F)[C@H]1C. The lowest BCUT2D eigenvalue weighted by Gasteiger charge is -2.31. The van der Waals surface area contributed by atoms with Gasteiger partial charge < -0.3 is 4.74 Å². The smallest absolute Gasteiger partial charge is 0.347 e. The third-order valence-electron chi connectivity index (χ3n) is 3.20. The molecule has 1 aliphatic heterocycles. The summed E-state index contributed by atoms with van der Waals surface area (Å²) >= 11 is 0. The lowest BCUT2D eigenvalue weighted by Crippen LogP contribution is -2.46. The van der Waals surface area contributed by atoms with Crippen molar-refractivity contribution in [3.8, 4) is 6.07 Å². The molecule has 2 nitrogen and oxygen atoms in total. The molecule has 0 bridgehead atoms. The molecule has 0 saturated carbocycles. The van der Waals surface area contributed by atoms with E-state index in [0.717, 1.165) is 6.92 Å². The van der Waals surface area contributed by atoms with Crippen molar-refractivity contribution in [2.24, 2.45) is 11.8 Å². The lowest BCUT2D eigenvalue weighted by molar-refractivity contribution is -0.271. The molecule has 14 heavy (non-hydrogen) atoms. The normalized spacial score (nSPS) is 43.6. The Hall–Kier alpha value is -0.760. The van der Waals surface area contributed by atoms with Gasteiger partial charge in [0.05, 0.1) is 6.07 Å². The Kier molecular flexibility index (Phi) is 2.53. The molecule has 0 spiro atoms. The van der Waals surface area contributed by atoms with Gasteiger partial charge >= 0.3 is 6.18 Å². The van der Waals surface area contributed by atoms with E-state index in [1.807, 2.05) is 0 Å². The summed E-state index contributed by atoms with van der Waals surface area (Å²) in [7, 11) is 0. The molecule has 1 saturated heterocycles. The predicted molar refractivity (Wildman–Crippen MR) is 43.3 cm³/mol. The maximum atomic E-state index is 12.6. The van der Waals surface area contributed by atoms with Gasteiger partial charge in [-0.1, -0.05) is 13.8 Å². The minimum Gasteiger partial charge on any atom is -0.347 e. The Balaban J connectivity index is 3.01. The number of hydrogen-bond acceptors (Lipinski definition) is 2. The monoisotopic (exact) mass is 207 g/mol. The van der Waals surface area contributed by atoms with E-state index in [-0.39, 0.29) is 0 Å². The van der Waals surface area contributed by atoms with Gasteiger partial charge in [0.2, 0.25) is 0 Å². The van der Waals surface area contributed by atoms with Gasteiger partial charge in [0.25, 0.3) is 0 Å². The number of halogens is 3. The third kappa shape index (κ3) is 1.38. The van der Waals surface area contributed by atoms with Crippen molar-refractivity contribution in [2.45, 2.75) is 38.7 Å². The van der Waals surface area contributed by atoms with Crippen molar-refractivity contribution in [2.75, 3.05) is 0 Å². The zero-order valence-electron chi connectivity index (χ0n) is 8.22. The van der Waals surface area contributed by atoms with Gasteiger partial charge in [0.15, 0.2) is 5.60 Å². The second kappa shape index (κ2) is 3.13. The van der Waals surface area contributed by atoms with Crippen LogP contribution in [0.25, 0.3) is 0 Å². The van der Waals surface area contributed by atoms with Gasteiger partial charge in [0.1, 0.15) is 6.10 Å². The largest absolute Gasteiger partial charge is 0.417 e. The number of alkyl halides is 3. The Labute approximate surface area is 80.7 Å². The van der Waals surface area contributed by atoms with Crippen LogP contribution in [0.4, 0.5) is 13.2 Å². The van der Waals surface area contributed by atoms with E-state index >= 15 is 0 Å². The van der Waals surface area contributed by atoms with Crippen molar-refractivity contribution in [3.05, 3.63) is 0 Å². The highest BCUT2D eigenvalue weighted by Crippen LogP contribution is 2.49. The maximum Gasteiger partial charge on any atom is 0.417 e. The molecular weight excluding hydrogens is 195 g/mol. The first-order chi connectivity index (χ1) is 6.24. The van der Waals surface area contributed by atoms with E-state index in [9.17, 15) is 13.2 Å². The van der Waals surface area contributed by atoms with Crippen LogP contribution in [-0.2, 0) is 4.74 Å². The molecule has 5 heteroatoms. The summed E-state index contributed by atoms with van der Waals surface area (Å²) in [5.74, 6) is -1.10. The van der Waals surface area contributed by atoms with Crippen LogP contribution in [-0.4, -0.2) is 17.9 Å². The average Bonchev–Trinajstić information content (AvgIpc) is 2.29. The molecule has 1 rings (SSSR count). The fraction of sp³-hybridized carbons (Fsp3) is 0.889. The van der Waals surface area contributed by atoms with Gasteiger partial charge in [-0.15, -0.1) is 0 Å². The number of rotatable bonds is 0. The summed E-state index contributed by atoms with van der Waals surface area (Å²) in [4.78, 5) is 0. The van der Waals surface area contributed by atoms with E-state index in [1.165, 1.54) is 6.92 Å². The minimum absolute atomic E-state index is 0.397. The van der Waals surface area contributed by atoms with Crippen molar-refractivity contribution < 1.29 is 17.9 Å². The molecule has 0 N–H and O–H groups in total. The average molecular weight is 207 g/mol. The number of nitrogens with zero attached hydrogens (tertiary/aromatic N) is 1. The summed E-state index contributed by atoms with van der Waals surface area (Å²) in [5.41, 5.74) is -2.19. The molecule has 0 aromatic carbocycles. The van der Waals surface area contributed by atoms with E-state index < -0.39 is 29.7 Å². The fourth-order valence-electron chi connectivity index (χ4n) is 1.71. The van der Waals surface area contributed by atoms with Crippen LogP contribution in [0.1, 0.15) is 20.8 Å². The van der Waals surface area contributed by atoms with Crippen LogP contribution < -0.4 is 0 Å². The van der Waals surface area contributed by atoms with E-state index in [0.29, 0.717) is 0 Å². The van der Waals surface area contributed by atoms with Crippen LogP contribution in [0.5, 0.6) is 0 Å². The van der Waals surface area contributed by atoms with Crippen molar-refractivity contribution in [3.63, 3.8) is 0 Å². The zero-order chi connectivity index (χ0) is 11.1. The van der Waals surface area contributed by atoms with Crippen LogP contribution in [0.3, 0.4) is 0 Å². The second-order valence-electron chi connectivity index (χ2n) is 3.92. The van der Waals surface area contributed by atoms with Crippen molar-refractivity contribution >= 4 is 0 Å². The Morgan fingerprint density at radius 2 is 1.86 bits per heavy atom. The quantitative estimate of drug-likeness (QED) is 0.611. The van der Waals surface area contributed by atoms with Crippen molar-refractivity contribution in [1.29, 1.82) is 5.26 Å². The van der Waals surface area contributed by atoms with E-state index in [4.69, 9.17) is 10.00 Å². The highest BCUT2D eigenvalue weighted by Gasteiger charge is 2.63. The summed E-state index contributed by atoms with van der Waals surface area (Å²) in [5, 5.41) is 8.61. The first-order valence-corrected chi connectivity index (χ1v) is 4.38. The Morgan fingerprint density at radius 3 is 2.07 bits per heavy atom. The Bertz CT molecular complexity index is 270. The molecule has 0 aliphatic carbocycles. The van der Waals surface area contributed by atoms with Crippen LogP contribution in [0.15, 0.2) is 0 Å². The molecule has 1 aliphatic rings. The fourth-order valence-corrected chi connectivity index (χ4v) is 1.71. The number of hydrogen-bond donors (Lipinski definition) is 0. The maximum absolute atomic E-state index is 12.6. The zero-order valence-corrected chi connectivity index (χ0v) is 8.22. The molecule has 0 aromatic rings. The molecule has 0 amide bonds. The van der Waals surface area contributed by atoms with E-state index in [1.54, 1.807) is 13.0 Å². The van der Waals surface area contributed by atoms with Gasteiger partial charge in [-0.25, -0.2) is 0 Å². The highest BCUT2D eigenvalue weighted by molar-refractivity contribution is 5.05. The third-order valence-corrected chi connectivity index (χ3v) is 3.20. The highest BCUT2D eigenvalue weighted by atomic mass is 19.4. The molecule has 80 valence electrons. The van der Waals surface area contributed by atoms with Gasteiger partial charge in [-0.2, -0.15) is 18.4 Å². The van der Waals surface area contributed by atoms with Crippen LogP contribution in [0, 0.1) is 23.2 Å². The van der Waals surface area contributed by atoms with Crippen molar-refractivity contribution in [1.82, 2.24) is 0 Å². The molecule has 0 unspecified atom stereocenters. The molecule has 0 aromatic heterocycles. The van der Waals surface area contributed by atoms with Gasteiger partial charge in [0, 0.05) is 5.92 Å². The Morgan fingerprint density at radius 1 is 1.36 bits per heavy atom. The molecule has 4 atom stereocenters. The lowest BCUT2D eigenvalue weighted by atomic mass is 9.82. The van der Waals surface area contributed by atoms with Crippen LogP contribution in [0.2, 0.25) is 0 Å². The minimum atomic E-state index is -4.42. The van der Waals surface area contributed by atoms with Gasteiger partial charge in [-0.3, -0.25) is 0 Å². The second-order valence-corrected chi connectivity index (χ2v) is 3.92. The van der Waals surface area contributed by atoms with E-state index in [2.05, 4.69) is 0 Å². The molecular formula is C9H12F3NO. The standard InChI is InChI=1S/C9H12F3NO/c1-5-6(2)8(3,9(10,11)12)14-7(5)4-13/h5-7H,1-3H3/t5-,6+,7-,8-/m1/s1. The van der Waals surface area contributed by atoms with Gasteiger partial charge in [-0.05, 0) is 12.8 Å².